The third-order valence-electron chi connectivity index (χ3n) is 2.49. The lowest BCUT2D eigenvalue weighted by Crippen LogP contribution is -2.36. The van der Waals surface area contributed by atoms with Gasteiger partial charge in [-0.15, -0.1) is 0 Å². The fourth-order valence-corrected chi connectivity index (χ4v) is 1.57. The molecule has 1 aliphatic heterocycles. The maximum atomic E-state index is 8.51. The van der Waals surface area contributed by atoms with Crippen molar-refractivity contribution in [3.05, 3.63) is 23.9 Å². The number of rotatable bonds is 2. The SMILES string of the molecule is N/C(=N\O)c1ccc(N2CCOCC2)nc1. The Morgan fingerprint density at radius 2 is 2.19 bits per heavy atom. The van der Waals surface area contributed by atoms with Crippen molar-refractivity contribution in [2.75, 3.05) is 31.2 Å². The summed E-state index contributed by atoms with van der Waals surface area (Å²) in [6.45, 7) is 3.14. The quantitative estimate of drug-likeness (QED) is 0.319. The first kappa shape index (κ1) is 10.7. The Morgan fingerprint density at radius 3 is 2.75 bits per heavy atom. The van der Waals surface area contributed by atoms with Crippen molar-refractivity contribution in [1.82, 2.24) is 4.98 Å². The van der Waals surface area contributed by atoms with Gasteiger partial charge < -0.3 is 20.6 Å². The molecule has 2 heterocycles. The molecule has 0 aromatic carbocycles. The van der Waals surface area contributed by atoms with Crippen molar-refractivity contribution < 1.29 is 9.94 Å². The van der Waals surface area contributed by atoms with E-state index in [0.29, 0.717) is 5.56 Å². The van der Waals surface area contributed by atoms with E-state index in [1.807, 2.05) is 6.07 Å². The van der Waals surface area contributed by atoms with Gasteiger partial charge in [-0.1, -0.05) is 5.16 Å². The van der Waals surface area contributed by atoms with Crippen LogP contribution in [0.5, 0.6) is 0 Å². The summed E-state index contributed by atoms with van der Waals surface area (Å²) in [6.07, 6.45) is 1.60. The highest BCUT2D eigenvalue weighted by Gasteiger charge is 2.12. The Kier molecular flexibility index (Phi) is 3.21. The van der Waals surface area contributed by atoms with Crippen LogP contribution in [0.1, 0.15) is 5.56 Å². The molecule has 2 rings (SSSR count). The van der Waals surface area contributed by atoms with Crippen LogP contribution < -0.4 is 10.6 Å². The number of amidine groups is 1. The maximum absolute atomic E-state index is 8.51. The Hall–Kier alpha value is -1.82. The van der Waals surface area contributed by atoms with Crippen molar-refractivity contribution >= 4 is 11.7 Å². The minimum absolute atomic E-state index is 0.0704. The van der Waals surface area contributed by atoms with E-state index < -0.39 is 0 Å². The number of aromatic nitrogens is 1. The monoisotopic (exact) mass is 222 g/mol. The van der Waals surface area contributed by atoms with Crippen LogP contribution in [0.15, 0.2) is 23.5 Å². The third kappa shape index (κ3) is 2.22. The van der Waals surface area contributed by atoms with Gasteiger partial charge in [-0.3, -0.25) is 0 Å². The van der Waals surface area contributed by atoms with E-state index >= 15 is 0 Å². The first-order valence-electron chi connectivity index (χ1n) is 5.08. The third-order valence-corrected chi connectivity index (χ3v) is 2.49. The summed E-state index contributed by atoms with van der Waals surface area (Å²) in [7, 11) is 0. The van der Waals surface area contributed by atoms with E-state index in [0.717, 1.165) is 32.1 Å². The molecule has 0 amide bonds. The zero-order valence-electron chi connectivity index (χ0n) is 8.83. The second kappa shape index (κ2) is 4.80. The average Bonchev–Trinajstić information content (AvgIpc) is 2.39. The van der Waals surface area contributed by atoms with E-state index in [9.17, 15) is 0 Å². The molecule has 6 heteroatoms. The highest BCUT2D eigenvalue weighted by Crippen LogP contribution is 2.12. The van der Waals surface area contributed by atoms with Crippen LogP contribution in [0, 0.1) is 0 Å². The van der Waals surface area contributed by atoms with E-state index in [2.05, 4.69) is 15.0 Å². The normalized spacial score (nSPS) is 17.5. The van der Waals surface area contributed by atoms with Gasteiger partial charge in [0.1, 0.15) is 5.82 Å². The number of oxime groups is 1. The van der Waals surface area contributed by atoms with Gasteiger partial charge in [-0.05, 0) is 12.1 Å². The maximum Gasteiger partial charge on any atom is 0.171 e. The highest BCUT2D eigenvalue weighted by atomic mass is 16.5. The highest BCUT2D eigenvalue weighted by molar-refractivity contribution is 5.96. The van der Waals surface area contributed by atoms with E-state index in [1.54, 1.807) is 12.3 Å². The van der Waals surface area contributed by atoms with Crippen LogP contribution in [-0.4, -0.2) is 42.3 Å². The zero-order chi connectivity index (χ0) is 11.4. The molecule has 0 unspecified atom stereocenters. The second-order valence-corrected chi connectivity index (χ2v) is 3.49. The molecular weight excluding hydrogens is 208 g/mol. The first-order valence-corrected chi connectivity index (χ1v) is 5.08. The summed E-state index contributed by atoms with van der Waals surface area (Å²) in [5, 5.41) is 11.4. The summed E-state index contributed by atoms with van der Waals surface area (Å²) in [5.74, 6) is 0.957. The number of pyridine rings is 1. The van der Waals surface area contributed by atoms with E-state index in [-0.39, 0.29) is 5.84 Å². The lowest BCUT2D eigenvalue weighted by molar-refractivity contribution is 0.122. The van der Waals surface area contributed by atoms with Gasteiger partial charge >= 0.3 is 0 Å². The van der Waals surface area contributed by atoms with Crippen LogP contribution in [0.25, 0.3) is 0 Å². The van der Waals surface area contributed by atoms with Crippen molar-refractivity contribution in [1.29, 1.82) is 0 Å². The lowest BCUT2D eigenvalue weighted by atomic mass is 10.2. The topological polar surface area (TPSA) is 84.0 Å². The fraction of sp³-hybridized carbons (Fsp3) is 0.400. The van der Waals surface area contributed by atoms with Crippen LogP contribution in [0.2, 0.25) is 0 Å². The van der Waals surface area contributed by atoms with Gasteiger partial charge in [-0.25, -0.2) is 4.98 Å². The molecule has 86 valence electrons. The van der Waals surface area contributed by atoms with E-state index in [4.69, 9.17) is 15.7 Å². The summed E-state index contributed by atoms with van der Waals surface area (Å²) in [4.78, 5) is 6.41. The van der Waals surface area contributed by atoms with Crippen LogP contribution in [0.3, 0.4) is 0 Å². The van der Waals surface area contributed by atoms with Gasteiger partial charge in [0.15, 0.2) is 5.84 Å². The molecule has 1 fully saturated rings. The fourth-order valence-electron chi connectivity index (χ4n) is 1.57. The zero-order valence-corrected chi connectivity index (χ0v) is 8.83. The van der Waals surface area contributed by atoms with Gasteiger partial charge in [0.25, 0.3) is 0 Å². The number of anilines is 1. The predicted octanol–water partition coefficient (Wildman–Crippen LogP) is 0.0127. The predicted molar refractivity (Wildman–Crippen MR) is 59.8 cm³/mol. The standard InChI is InChI=1S/C10H14N4O2/c11-10(13-15)8-1-2-9(12-7-8)14-3-5-16-6-4-14/h1-2,7,15H,3-6H2,(H2,11,13). The molecule has 1 aliphatic rings. The minimum atomic E-state index is 0.0704. The molecule has 0 spiro atoms. The first-order chi connectivity index (χ1) is 7.81. The Bertz CT molecular complexity index is 371. The second-order valence-electron chi connectivity index (χ2n) is 3.49. The number of morpholine rings is 1. The Labute approximate surface area is 93.3 Å². The summed E-state index contributed by atoms with van der Waals surface area (Å²) >= 11 is 0. The number of nitrogens with zero attached hydrogens (tertiary/aromatic N) is 3. The Morgan fingerprint density at radius 1 is 1.44 bits per heavy atom. The van der Waals surface area contributed by atoms with Crippen molar-refractivity contribution in [3.63, 3.8) is 0 Å². The number of nitrogens with two attached hydrogens (primary N) is 1. The molecule has 0 radical (unpaired) electrons. The van der Waals surface area contributed by atoms with Gasteiger partial charge in [0.2, 0.25) is 0 Å². The smallest absolute Gasteiger partial charge is 0.171 e. The molecule has 0 atom stereocenters. The van der Waals surface area contributed by atoms with Crippen LogP contribution >= 0.6 is 0 Å². The molecule has 0 saturated carbocycles. The molecule has 3 N–H and O–H groups in total. The van der Waals surface area contributed by atoms with Gasteiger partial charge in [-0.2, -0.15) is 0 Å². The largest absolute Gasteiger partial charge is 0.409 e. The number of hydrogen-bond acceptors (Lipinski definition) is 5. The molecule has 0 aliphatic carbocycles. The van der Waals surface area contributed by atoms with Crippen molar-refractivity contribution in [2.45, 2.75) is 0 Å². The molecule has 6 nitrogen and oxygen atoms in total. The Balaban J connectivity index is 2.12. The average molecular weight is 222 g/mol. The summed E-state index contributed by atoms with van der Waals surface area (Å²) in [5.41, 5.74) is 6.06. The van der Waals surface area contributed by atoms with Crippen molar-refractivity contribution in [3.8, 4) is 0 Å². The molecule has 16 heavy (non-hydrogen) atoms. The molecule has 1 aromatic rings. The molecule has 1 aromatic heterocycles. The van der Waals surface area contributed by atoms with Crippen LogP contribution in [0.4, 0.5) is 5.82 Å². The minimum Gasteiger partial charge on any atom is -0.409 e. The number of hydrogen-bond donors (Lipinski definition) is 2. The van der Waals surface area contributed by atoms with Gasteiger partial charge in [0.05, 0.1) is 13.2 Å². The van der Waals surface area contributed by atoms with Crippen LogP contribution in [-0.2, 0) is 4.74 Å². The molecular formula is C10H14N4O2. The number of ether oxygens (including phenoxy) is 1. The lowest BCUT2D eigenvalue weighted by Gasteiger charge is -2.27. The molecule has 0 bridgehead atoms. The van der Waals surface area contributed by atoms with Crippen molar-refractivity contribution in [2.24, 2.45) is 10.9 Å². The summed E-state index contributed by atoms with van der Waals surface area (Å²) < 4.78 is 5.26. The molecule has 1 saturated heterocycles. The summed E-state index contributed by atoms with van der Waals surface area (Å²) in [6, 6.07) is 3.64. The van der Waals surface area contributed by atoms with E-state index in [1.165, 1.54) is 0 Å². The van der Waals surface area contributed by atoms with Gasteiger partial charge in [0, 0.05) is 24.8 Å².